The minimum absolute atomic E-state index is 0.139. The maximum absolute atomic E-state index is 10.5. The van der Waals surface area contributed by atoms with Crippen molar-refractivity contribution >= 4 is 23.6 Å². The summed E-state index contributed by atoms with van der Waals surface area (Å²) in [5, 5.41) is 0. The standard InChI is InChI=1S/C4H6N2O2S2/c1-9-8-2-3-5-4(7)10-6-3/h2H2,1H3,(H,5,6,7). The summed E-state index contributed by atoms with van der Waals surface area (Å²) in [6.45, 7) is 0.361. The maximum Gasteiger partial charge on any atom is 0.323 e. The predicted molar refractivity (Wildman–Crippen MR) is 41.0 cm³/mol. The van der Waals surface area contributed by atoms with Gasteiger partial charge in [0.15, 0.2) is 0 Å². The third-order valence-electron chi connectivity index (χ3n) is 0.799. The molecule has 6 heteroatoms. The van der Waals surface area contributed by atoms with Crippen molar-refractivity contribution in [2.75, 3.05) is 6.26 Å². The quantitative estimate of drug-likeness (QED) is 0.690. The molecule has 1 heterocycles. The van der Waals surface area contributed by atoms with Crippen molar-refractivity contribution in [1.29, 1.82) is 0 Å². The van der Waals surface area contributed by atoms with Crippen LogP contribution in [0.3, 0.4) is 0 Å². The number of nitrogens with one attached hydrogen (secondary N) is 1. The average molecular weight is 178 g/mol. The van der Waals surface area contributed by atoms with Crippen LogP contribution in [-0.2, 0) is 10.8 Å². The molecule has 1 N–H and O–H groups in total. The molecule has 1 aromatic heterocycles. The number of nitrogens with zero attached hydrogens (tertiary/aromatic N) is 1. The zero-order valence-electron chi connectivity index (χ0n) is 5.29. The van der Waals surface area contributed by atoms with Crippen molar-refractivity contribution in [1.82, 2.24) is 9.36 Å². The Morgan fingerprint density at radius 1 is 1.90 bits per heavy atom. The second kappa shape index (κ2) is 3.75. The van der Waals surface area contributed by atoms with E-state index in [4.69, 9.17) is 4.18 Å². The molecule has 0 bridgehead atoms. The van der Waals surface area contributed by atoms with Gasteiger partial charge in [0.2, 0.25) is 0 Å². The summed E-state index contributed by atoms with van der Waals surface area (Å²) >= 11 is 2.15. The first-order valence-corrected chi connectivity index (χ1v) is 4.45. The number of aromatic amines is 1. The van der Waals surface area contributed by atoms with Crippen LogP contribution in [0.25, 0.3) is 0 Å². The highest BCUT2D eigenvalue weighted by molar-refractivity contribution is 7.93. The lowest BCUT2D eigenvalue weighted by molar-refractivity contribution is 0.354. The van der Waals surface area contributed by atoms with Gasteiger partial charge in [0.05, 0.1) is 0 Å². The van der Waals surface area contributed by atoms with Crippen LogP contribution < -0.4 is 4.87 Å². The molecular formula is C4H6N2O2S2. The fraction of sp³-hybridized carbons (Fsp3) is 0.500. The second-order valence-electron chi connectivity index (χ2n) is 1.47. The van der Waals surface area contributed by atoms with Gasteiger partial charge in [-0.05, 0) is 12.0 Å². The van der Waals surface area contributed by atoms with E-state index >= 15 is 0 Å². The van der Waals surface area contributed by atoms with E-state index in [2.05, 4.69) is 9.36 Å². The fourth-order valence-corrected chi connectivity index (χ4v) is 1.12. The zero-order chi connectivity index (χ0) is 7.40. The van der Waals surface area contributed by atoms with Crippen LogP contribution in [0.4, 0.5) is 0 Å². The Kier molecular flexibility index (Phi) is 2.91. The molecule has 0 saturated carbocycles. The van der Waals surface area contributed by atoms with Crippen LogP contribution >= 0.6 is 23.6 Å². The van der Waals surface area contributed by atoms with Crippen LogP contribution in [0.5, 0.6) is 0 Å². The van der Waals surface area contributed by atoms with Gasteiger partial charge in [0.1, 0.15) is 12.4 Å². The Hall–Kier alpha value is -0.330. The fourth-order valence-electron chi connectivity index (χ4n) is 0.437. The van der Waals surface area contributed by atoms with Crippen LogP contribution in [0.1, 0.15) is 5.82 Å². The topological polar surface area (TPSA) is 55.0 Å². The smallest absolute Gasteiger partial charge is 0.308 e. The van der Waals surface area contributed by atoms with Gasteiger partial charge in [-0.25, -0.2) is 0 Å². The van der Waals surface area contributed by atoms with Gasteiger partial charge in [0, 0.05) is 17.8 Å². The monoisotopic (exact) mass is 178 g/mol. The lowest BCUT2D eigenvalue weighted by atomic mass is 10.7. The molecule has 0 fully saturated rings. The van der Waals surface area contributed by atoms with Gasteiger partial charge in [-0.2, -0.15) is 4.37 Å². The van der Waals surface area contributed by atoms with Crippen molar-refractivity contribution in [3.8, 4) is 0 Å². The molecule has 0 aliphatic carbocycles. The highest BCUT2D eigenvalue weighted by Crippen LogP contribution is 1.99. The molecule has 4 nitrogen and oxygen atoms in total. The Morgan fingerprint density at radius 2 is 2.70 bits per heavy atom. The third-order valence-corrected chi connectivity index (χ3v) is 1.73. The Balaban J connectivity index is 2.50. The molecule has 0 spiro atoms. The third kappa shape index (κ3) is 2.13. The molecule has 0 aliphatic heterocycles. The van der Waals surface area contributed by atoms with Gasteiger partial charge in [-0.3, -0.25) is 9.78 Å². The van der Waals surface area contributed by atoms with Crippen molar-refractivity contribution in [2.45, 2.75) is 6.61 Å². The van der Waals surface area contributed by atoms with Gasteiger partial charge < -0.3 is 4.18 Å². The molecule has 10 heavy (non-hydrogen) atoms. The van der Waals surface area contributed by atoms with Crippen molar-refractivity contribution in [2.24, 2.45) is 0 Å². The normalized spacial score (nSPS) is 10.1. The number of rotatable bonds is 3. The van der Waals surface area contributed by atoms with Gasteiger partial charge in [-0.1, -0.05) is 0 Å². The molecule has 0 amide bonds. The molecule has 0 aromatic carbocycles. The lowest BCUT2D eigenvalue weighted by Crippen LogP contribution is -1.95. The average Bonchev–Trinajstić information content (AvgIpc) is 2.31. The summed E-state index contributed by atoms with van der Waals surface area (Å²) in [6.07, 6.45) is 1.81. The zero-order valence-corrected chi connectivity index (χ0v) is 6.92. The van der Waals surface area contributed by atoms with Crippen LogP contribution in [0, 0.1) is 0 Å². The van der Waals surface area contributed by atoms with E-state index in [1.165, 1.54) is 12.0 Å². The Labute approximate surface area is 66.0 Å². The minimum atomic E-state index is -0.139. The molecule has 0 atom stereocenters. The van der Waals surface area contributed by atoms with E-state index in [1.54, 1.807) is 0 Å². The molecule has 0 saturated heterocycles. The molecule has 56 valence electrons. The van der Waals surface area contributed by atoms with Crippen LogP contribution in [-0.4, -0.2) is 15.6 Å². The van der Waals surface area contributed by atoms with Crippen molar-refractivity contribution in [3.05, 3.63) is 15.5 Å². The van der Waals surface area contributed by atoms with Crippen LogP contribution in [0.2, 0.25) is 0 Å². The van der Waals surface area contributed by atoms with Crippen molar-refractivity contribution in [3.63, 3.8) is 0 Å². The SMILES string of the molecule is CSOCc1nsc(=O)[nH]1. The highest BCUT2D eigenvalue weighted by Gasteiger charge is 1.96. The summed E-state index contributed by atoms with van der Waals surface area (Å²) in [6, 6.07) is 0. The minimum Gasteiger partial charge on any atom is -0.308 e. The van der Waals surface area contributed by atoms with Crippen LogP contribution in [0.15, 0.2) is 4.79 Å². The lowest BCUT2D eigenvalue weighted by Gasteiger charge is -1.91. The van der Waals surface area contributed by atoms with E-state index < -0.39 is 0 Å². The van der Waals surface area contributed by atoms with E-state index in [0.717, 1.165) is 11.5 Å². The molecular weight excluding hydrogens is 172 g/mol. The summed E-state index contributed by atoms with van der Waals surface area (Å²) in [7, 11) is 0. The highest BCUT2D eigenvalue weighted by atomic mass is 32.2. The largest absolute Gasteiger partial charge is 0.323 e. The number of aromatic nitrogens is 2. The summed E-state index contributed by atoms with van der Waals surface area (Å²) < 4.78 is 8.71. The first-order valence-electron chi connectivity index (χ1n) is 2.53. The van der Waals surface area contributed by atoms with E-state index in [1.807, 2.05) is 6.26 Å². The second-order valence-corrected chi connectivity index (χ2v) is 2.78. The molecule has 1 aromatic rings. The van der Waals surface area contributed by atoms with Gasteiger partial charge >= 0.3 is 4.87 Å². The number of hydrogen-bond donors (Lipinski definition) is 1. The Bertz CT molecular complexity index is 243. The number of hydrogen-bond acceptors (Lipinski definition) is 5. The summed E-state index contributed by atoms with van der Waals surface area (Å²) in [4.78, 5) is 12.9. The first kappa shape index (κ1) is 7.77. The first-order chi connectivity index (χ1) is 4.83. The van der Waals surface area contributed by atoms with E-state index in [-0.39, 0.29) is 4.87 Å². The van der Waals surface area contributed by atoms with Gasteiger partial charge in [0.25, 0.3) is 0 Å². The molecule has 0 radical (unpaired) electrons. The Morgan fingerprint density at radius 3 is 3.20 bits per heavy atom. The molecule has 1 rings (SSSR count). The van der Waals surface area contributed by atoms with Gasteiger partial charge in [-0.15, -0.1) is 0 Å². The van der Waals surface area contributed by atoms with E-state index in [0.29, 0.717) is 12.4 Å². The molecule has 0 aliphatic rings. The number of H-pyrrole nitrogens is 1. The van der Waals surface area contributed by atoms with Crippen molar-refractivity contribution < 1.29 is 4.18 Å². The van der Waals surface area contributed by atoms with E-state index in [9.17, 15) is 4.79 Å². The molecule has 0 unspecified atom stereocenters. The summed E-state index contributed by atoms with van der Waals surface area (Å²) in [5.41, 5.74) is 0. The predicted octanol–water partition coefficient (Wildman–Crippen LogP) is 0.626. The summed E-state index contributed by atoms with van der Waals surface area (Å²) in [5.74, 6) is 0.587. The maximum atomic E-state index is 10.5.